The highest BCUT2D eigenvalue weighted by atomic mass is 35.5. The van der Waals surface area contributed by atoms with Crippen molar-refractivity contribution in [2.45, 2.75) is 31.7 Å². The monoisotopic (exact) mass is 380 g/mol. The highest BCUT2D eigenvalue weighted by Gasteiger charge is 2.21. The van der Waals surface area contributed by atoms with E-state index < -0.39 is 0 Å². The average molecular weight is 381 g/mol. The number of halogens is 1. The minimum absolute atomic E-state index is 0.0566. The first-order valence-electron chi connectivity index (χ1n) is 9.04. The molecule has 1 saturated carbocycles. The lowest BCUT2D eigenvalue weighted by atomic mass is 10.1. The largest absolute Gasteiger partial charge is 0.334 e. The Balaban J connectivity index is 1.55. The second-order valence-corrected chi connectivity index (χ2v) is 7.28. The number of hydrogen-bond acceptors (Lipinski definition) is 4. The number of aromatic amines is 1. The van der Waals surface area contributed by atoms with Crippen LogP contribution in [0.1, 0.15) is 31.7 Å². The van der Waals surface area contributed by atoms with Gasteiger partial charge in [0.05, 0.1) is 21.6 Å². The Labute approximate surface area is 159 Å². The van der Waals surface area contributed by atoms with Crippen molar-refractivity contribution >= 4 is 22.6 Å². The van der Waals surface area contributed by atoms with Crippen molar-refractivity contribution in [1.29, 1.82) is 0 Å². The highest BCUT2D eigenvalue weighted by molar-refractivity contribution is 6.33. The maximum Gasteiger partial charge on any atom is 0.326 e. The lowest BCUT2D eigenvalue weighted by Crippen LogP contribution is -2.20. The molecule has 4 aromatic rings. The lowest BCUT2D eigenvalue weighted by molar-refractivity contribution is 0.432. The van der Waals surface area contributed by atoms with E-state index in [0.717, 1.165) is 29.4 Å². The van der Waals surface area contributed by atoms with Crippen LogP contribution in [0.5, 0.6) is 0 Å². The van der Waals surface area contributed by atoms with E-state index in [-0.39, 0.29) is 11.7 Å². The summed E-state index contributed by atoms with van der Waals surface area (Å²) in [4.78, 5) is 19.9. The molecule has 5 rings (SSSR count). The Hall–Kier alpha value is -2.86. The number of imidazole rings is 1. The number of benzene rings is 2. The molecule has 2 aromatic heterocycles. The van der Waals surface area contributed by atoms with E-state index in [2.05, 4.69) is 15.1 Å². The number of nitrogens with one attached hydrogen (secondary N) is 1. The molecule has 6 nitrogen and oxygen atoms in total. The molecule has 0 bridgehead atoms. The van der Waals surface area contributed by atoms with Gasteiger partial charge in [0.2, 0.25) is 5.82 Å². The molecule has 27 heavy (non-hydrogen) atoms. The number of nitrogens with zero attached hydrogens (tertiary/aromatic N) is 3. The van der Waals surface area contributed by atoms with Crippen LogP contribution in [0.15, 0.2) is 51.8 Å². The van der Waals surface area contributed by atoms with Crippen LogP contribution in [-0.4, -0.2) is 19.7 Å². The number of hydrogen-bond donors (Lipinski definition) is 1. The van der Waals surface area contributed by atoms with Crippen molar-refractivity contribution in [1.82, 2.24) is 19.7 Å². The standard InChI is InChI=1S/C20H17ClN4O2/c21-15-8-4-3-7-14(15)19-23-18(24-27-19)12-9-10-17-16(11-12)22-20(26)25(17)13-5-1-2-6-13/h3-4,7-11,13H,1-2,5-6H2,(H,22,26). The predicted octanol–water partition coefficient (Wildman–Crippen LogP) is 4.82. The Kier molecular flexibility index (Phi) is 3.86. The Morgan fingerprint density at radius 2 is 1.96 bits per heavy atom. The number of fused-ring (bicyclic) bond motifs is 1. The van der Waals surface area contributed by atoms with Gasteiger partial charge in [0.25, 0.3) is 5.89 Å². The molecule has 136 valence electrons. The van der Waals surface area contributed by atoms with Crippen LogP contribution in [0.25, 0.3) is 33.9 Å². The van der Waals surface area contributed by atoms with Crippen molar-refractivity contribution < 1.29 is 4.52 Å². The molecular formula is C20H17ClN4O2. The Morgan fingerprint density at radius 1 is 1.15 bits per heavy atom. The van der Waals surface area contributed by atoms with E-state index in [1.165, 1.54) is 12.8 Å². The van der Waals surface area contributed by atoms with Gasteiger partial charge in [-0.25, -0.2) is 4.79 Å². The van der Waals surface area contributed by atoms with Crippen LogP contribution in [0.2, 0.25) is 5.02 Å². The quantitative estimate of drug-likeness (QED) is 0.553. The number of aromatic nitrogens is 4. The summed E-state index contributed by atoms with van der Waals surface area (Å²) in [5.41, 5.74) is 3.13. The van der Waals surface area contributed by atoms with Gasteiger partial charge < -0.3 is 9.51 Å². The summed E-state index contributed by atoms with van der Waals surface area (Å²) in [6, 6.07) is 13.4. The number of H-pyrrole nitrogens is 1. The fourth-order valence-corrected chi connectivity index (χ4v) is 4.10. The van der Waals surface area contributed by atoms with Gasteiger partial charge in [-0.2, -0.15) is 4.98 Å². The third-order valence-electron chi connectivity index (χ3n) is 5.19. The molecule has 1 aliphatic carbocycles. The van der Waals surface area contributed by atoms with Gasteiger partial charge in [-0.3, -0.25) is 4.57 Å². The lowest BCUT2D eigenvalue weighted by Gasteiger charge is -2.11. The van der Waals surface area contributed by atoms with Crippen LogP contribution in [0, 0.1) is 0 Å². The number of rotatable bonds is 3. The molecule has 0 amide bonds. The molecule has 0 radical (unpaired) electrons. The average Bonchev–Trinajstić information content (AvgIpc) is 3.40. The van der Waals surface area contributed by atoms with E-state index in [4.69, 9.17) is 16.1 Å². The second kappa shape index (κ2) is 6.39. The SMILES string of the molecule is O=c1[nH]c2cc(-c3noc(-c4ccccc4Cl)n3)ccc2n1C1CCCC1. The van der Waals surface area contributed by atoms with Gasteiger partial charge in [-0.15, -0.1) is 0 Å². The van der Waals surface area contributed by atoms with E-state index >= 15 is 0 Å². The molecular weight excluding hydrogens is 364 g/mol. The summed E-state index contributed by atoms with van der Waals surface area (Å²) < 4.78 is 7.27. The molecule has 7 heteroatoms. The normalized spacial score (nSPS) is 15.0. The maximum atomic E-state index is 12.4. The molecule has 1 aliphatic rings. The van der Waals surface area contributed by atoms with E-state index in [1.54, 1.807) is 6.07 Å². The molecule has 0 spiro atoms. The first-order chi connectivity index (χ1) is 13.2. The molecule has 0 atom stereocenters. The van der Waals surface area contributed by atoms with Crippen LogP contribution in [0.4, 0.5) is 0 Å². The molecule has 2 aromatic carbocycles. The van der Waals surface area contributed by atoms with E-state index in [9.17, 15) is 4.79 Å². The van der Waals surface area contributed by atoms with Gasteiger partial charge >= 0.3 is 5.69 Å². The first-order valence-corrected chi connectivity index (χ1v) is 9.42. The van der Waals surface area contributed by atoms with Gasteiger partial charge in [-0.05, 0) is 43.2 Å². The fraction of sp³-hybridized carbons (Fsp3) is 0.250. The Morgan fingerprint density at radius 3 is 2.78 bits per heavy atom. The van der Waals surface area contributed by atoms with Crippen molar-refractivity contribution in [3.8, 4) is 22.8 Å². The Bertz CT molecular complexity index is 1180. The van der Waals surface area contributed by atoms with Crippen molar-refractivity contribution in [3.63, 3.8) is 0 Å². The summed E-state index contributed by atoms with van der Waals surface area (Å²) in [7, 11) is 0. The molecule has 0 saturated heterocycles. The van der Waals surface area contributed by atoms with Gasteiger partial charge in [0.15, 0.2) is 0 Å². The van der Waals surface area contributed by atoms with Gasteiger partial charge in [-0.1, -0.05) is 41.7 Å². The van der Waals surface area contributed by atoms with Crippen LogP contribution < -0.4 is 5.69 Å². The van der Waals surface area contributed by atoms with Crippen LogP contribution in [-0.2, 0) is 0 Å². The zero-order valence-corrected chi connectivity index (χ0v) is 15.2. The van der Waals surface area contributed by atoms with E-state index in [1.807, 2.05) is 41.0 Å². The van der Waals surface area contributed by atoms with Gasteiger partial charge in [0, 0.05) is 11.6 Å². The summed E-state index contributed by atoms with van der Waals surface area (Å²) in [5.74, 6) is 0.828. The predicted molar refractivity (Wildman–Crippen MR) is 104 cm³/mol. The summed E-state index contributed by atoms with van der Waals surface area (Å²) in [6.07, 6.45) is 4.46. The topological polar surface area (TPSA) is 76.7 Å². The highest BCUT2D eigenvalue weighted by Crippen LogP contribution is 2.32. The van der Waals surface area contributed by atoms with Gasteiger partial charge in [0.1, 0.15) is 0 Å². The third kappa shape index (κ3) is 2.77. The van der Waals surface area contributed by atoms with Crippen molar-refractivity contribution in [2.75, 3.05) is 0 Å². The van der Waals surface area contributed by atoms with Crippen molar-refractivity contribution in [3.05, 3.63) is 58.0 Å². The fourth-order valence-electron chi connectivity index (χ4n) is 3.88. The second-order valence-electron chi connectivity index (χ2n) is 6.87. The minimum atomic E-state index is -0.0566. The maximum absolute atomic E-state index is 12.4. The zero-order valence-electron chi connectivity index (χ0n) is 14.5. The van der Waals surface area contributed by atoms with Crippen LogP contribution in [0.3, 0.4) is 0 Å². The van der Waals surface area contributed by atoms with Crippen molar-refractivity contribution in [2.24, 2.45) is 0 Å². The smallest absolute Gasteiger partial charge is 0.326 e. The first kappa shape index (κ1) is 16.3. The summed E-state index contributed by atoms with van der Waals surface area (Å²) in [6.45, 7) is 0. The minimum Gasteiger partial charge on any atom is -0.334 e. The molecule has 1 N–H and O–H groups in total. The third-order valence-corrected chi connectivity index (χ3v) is 5.52. The summed E-state index contributed by atoms with van der Waals surface area (Å²) >= 11 is 6.20. The molecule has 0 aliphatic heterocycles. The van der Waals surface area contributed by atoms with Crippen LogP contribution >= 0.6 is 11.6 Å². The van der Waals surface area contributed by atoms with E-state index in [0.29, 0.717) is 22.3 Å². The zero-order chi connectivity index (χ0) is 18.4. The molecule has 1 fully saturated rings. The molecule has 2 heterocycles. The molecule has 0 unspecified atom stereocenters. The summed E-state index contributed by atoms with van der Waals surface area (Å²) in [5, 5.41) is 4.63.